The van der Waals surface area contributed by atoms with Gasteiger partial charge in [-0.3, -0.25) is 25.1 Å². The number of nitro groups is 1. The van der Waals surface area contributed by atoms with Crippen molar-refractivity contribution in [3.05, 3.63) is 63.7 Å². The minimum atomic E-state index is -0.699. The predicted molar refractivity (Wildman–Crippen MR) is 110 cm³/mol. The van der Waals surface area contributed by atoms with Crippen LogP contribution in [0.15, 0.2) is 48.0 Å². The number of methoxy groups -OCH3 is 1. The molecule has 2 aromatic rings. The van der Waals surface area contributed by atoms with Gasteiger partial charge in [-0.2, -0.15) is 0 Å². The maximum Gasteiger partial charge on any atom is 0.315 e. The van der Waals surface area contributed by atoms with Crippen molar-refractivity contribution in [2.24, 2.45) is 0 Å². The first kappa shape index (κ1) is 20.8. The molecular formula is C21H21N3O6. The van der Waals surface area contributed by atoms with Crippen molar-refractivity contribution in [1.29, 1.82) is 0 Å². The first-order valence-electron chi connectivity index (χ1n) is 9.08. The summed E-state index contributed by atoms with van der Waals surface area (Å²) < 4.78 is 11.0. The topological polar surface area (TPSA) is 111 Å². The van der Waals surface area contributed by atoms with E-state index >= 15 is 0 Å². The number of hydrogen-bond acceptors (Lipinski definition) is 6. The molecule has 1 N–H and O–H groups in total. The van der Waals surface area contributed by atoms with E-state index < -0.39 is 22.3 Å². The predicted octanol–water partition coefficient (Wildman–Crippen LogP) is 3.24. The molecule has 3 rings (SSSR count). The number of nitrogens with zero attached hydrogens (tertiary/aromatic N) is 2. The molecule has 0 atom stereocenters. The highest BCUT2D eigenvalue weighted by molar-refractivity contribution is 6.31. The fourth-order valence-corrected chi connectivity index (χ4v) is 2.87. The van der Waals surface area contributed by atoms with Gasteiger partial charge >= 0.3 is 5.69 Å². The average molecular weight is 411 g/mol. The molecule has 9 nitrogen and oxygen atoms in total. The fraction of sp³-hybridized carbons (Fsp3) is 0.238. The van der Waals surface area contributed by atoms with Gasteiger partial charge in [-0.05, 0) is 50.6 Å². The number of nitrogens with one attached hydrogen (secondary N) is 1. The van der Waals surface area contributed by atoms with Gasteiger partial charge in [0.2, 0.25) is 5.75 Å². The standard InChI is InChI=1S/C21H21N3O6/c1-21(2,3)30-18-16(24(27)28)11-13(12-17(18)29-4)10-15-19(25)22-23(20(15)26)14-8-6-5-7-9-14/h5-12H,1-4H3,(H,22,25). The Kier molecular flexibility index (Phi) is 5.46. The number of ether oxygens (including phenoxy) is 2. The Balaban J connectivity index is 2.04. The lowest BCUT2D eigenvalue weighted by Crippen LogP contribution is -2.35. The van der Waals surface area contributed by atoms with Gasteiger partial charge in [0, 0.05) is 6.07 Å². The number of nitro benzene ring substituents is 1. The van der Waals surface area contributed by atoms with Gasteiger partial charge in [-0.15, -0.1) is 0 Å². The number of para-hydroxylation sites is 1. The molecule has 0 spiro atoms. The lowest BCUT2D eigenvalue weighted by molar-refractivity contribution is -0.386. The van der Waals surface area contributed by atoms with Crippen molar-refractivity contribution in [3.63, 3.8) is 0 Å². The van der Waals surface area contributed by atoms with Crippen LogP contribution in [0.2, 0.25) is 0 Å². The zero-order chi connectivity index (χ0) is 22.1. The fourth-order valence-electron chi connectivity index (χ4n) is 2.87. The zero-order valence-corrected chi connectivity index (χ0v) is 17.0. The molecule has 1 fully saturated rings. The molecule has 30 heavy (non-hydrogen) atoms. The van der Waals surface area contributed by atoms with Crippen molar-refractivity contribution in [1.82, 2.24) is 5.43 Å². The Morgan fingerprint density at radius 2 is 1.80 bits per heavy atom. The average Bonchev–Trinajstić information content (AvgIpc) is 2.96. The summed E-state index contributed by atoms with van der Waals surface area (Å²) in [6.07, 6.45) is 1.29. The van der Waals surface area contributed by atoms with Crippen molar-refractivity contribution in [2.75, 3.05) is 12.1 Å². The van der Waals surface area contributed by atoms with Crippen molar-refractivity contribution < 1.29 is 24.0 Å². The Hall–Kier alpha value is -3.88. The summed E-state index contributed by atoms with van der Waals surface area (Å²) in [6.45, 7) is 5.27. The highest BCUT2D eigenvalue weighted by Crippen LogP contribution is 2.41. The third-order valence-electron chi connectivity index (χ3n) is 4.10. The summed E-state index contributed by atoms with van der Waals surface area (Å²) in [7, 11) is 1.36. The molecule has 0 saturated carbocycles. The monoisotopic (exact) mass is 411 g/mol. The molecule has 9 heteroatoms. The van der Waals surface area contributed by atoms with Crippen LogP contribution in [0.4, 0.5) is 11.4 Å². The maximum atomic E-state index is 12.7. The second-order valence-corrected chi connectivity index (χ2v) is 7.52. The van der Waals surface area contributed by atoms with Crippen LogP contribution in [-0.4, -0.2) is 29.4 Å². The van der Waals surface area contributed by atoms with E-state index in [1.165, 1.54) is 25.3 Å². The molecule has 0 aromatic heterocycles. The first-order chi connectivity index (χ1) is 14.1. The van der Waals surface area contributed by atoms with E-state index in [1.807, 2.05) is 0 Å². The Labute approximate surface area is 173 Å². The third-order valence-corrected chi connectivity index (χ3v) is 4.10. The molecule has 2 aromatic carbocycles. The smallest absolute Gasteiger partial charge is 0.315 e. The van der Waals surface area contributed by atoms with E-state index in [9.17, 15) is 19.7 Å². The normalized spacial score (nSPS) is 15.3. The van der Waals surface area contributed by atoms with Crippen LogP contribution in [0.5, 0.6) is 11.5 Å². The Morgan fingerprint density at radius 1 is 1.13 bits per heavy atom. The van der Waals surface area contributed by atoms with E-state index in [1.54, 1.807) is 51.1 Å². The summed E-state index contributed by atoms with van der Waals surface area (Å²) in [4.78, 5) is 36.1. The zero-order valence-electron chi connectivity index (χ0n) is 17.0. The highest BCUT2D eigenvalue weighted by Gasteiger charge is 2.35. The minimum absolute atomic E-state index is 0.0229. The van der Waals surface area contributed by atoms with Crippen LogP contribution in [0.25, 0.3) is 6.08 Å². The molecule has 0 bridgehead atoms. The number of carbonyl (C=O) groups is 2. The maximum absolute atomic E-state index is 12.7. The molecule has 1 aliphatic heterocycles. The van der Waals surface area contributed by atoms with Gasteiger partial charge in [0.05, 0.1) is 17.7 Å². The second kappa shape index (κ2) is 7.86. The first-order valence-corrected chi connectivity index (χ1v) is 9.08. The number of rotatable bonds is 5. The van der Waals surface area contributed by atoms with Crippen LogP contribution < -0.4 is 19.9 Å². The van der Waals surface area contributed by atoms with Crippen LogP contribution >= 0.6 is 0 Å². The third kappa shape index (κ3) is 4.24. The molecule has 0 aliphatic carbocycles. The molecule has 0 unspecified atom stereocenters. The van der Waals surface area contributed by atoms with Gasteiger partial charge in [0.15, 0.2) is 5.75 Å². The molecule has 1 saturated heterocycles. The lowest BCUT2D eigenvalue weighted by atomic mass is 10.1. The van der Waals surface area contributed by atoms with Crippen molar-refractivity contribution in [3.8, 4) is 11.5 Å². The molecular weight excluding hydrogens is 390 g/mol. The summed E-state index contributed by atoms with van der Waals surface area (Å²) >= 11 is 0. The van der Waals surface area contributed by atoms with Crippen LogP contribution in [0.3, 0.4) is 0 Å². The number of hydrazine groups is 1. The summed E-state index contributed by atoms with van der Waals surface area (Å²) in [5.74, 6) is -1.08. The van der Waals surface area contributed by atoms with Gasteiger partial charge in [0.1, 0.15) is 11.2 Å². The number of anilines is 1. The molecule has 156 valence electrons. The minimum Gasteiger partial charge on any atom is -0.493 e. The van der Waals surface area contributed by atoms with Crippen molar-refractivity contribution >= 4 is 29.3 Å². The summed E-state index contributed by atoms with van der Waals surface area (Å²) in [6, 6.07) is 11.3. The number of hydrogen-bond donors (Lipinski definition) is 1. The van der Waals surface area contributed by atoms with Gasteiger partial charge < -0.3 is 9.47 Å². The molecule has 0 radical (unpaired) electrons. The number of carbonyl (C=O) groups excluding carboxylic acids is 2. The van der Waals surface area contributed by atoms with Gasteiger partial charge in [-0.25, -0.2) is 5.01 Å². The van der Waals surface area contributed by atoms with Crippen molar-refractivity contribution in [2.45, 2.75) is 26.4 Å². The highest BCUT2D eigenvalue weighted by atomic mass is 16.6. The lowest BCUT2D eigenvalue weighted by Gasteiger charge is -2.22. The van der Waals surface area contributed by atoms with E-state index in [4.69, 9.17) is 9.47 Å². The van der Waals surface area contributed by atoms with Gasteiger partial charge in [-0.1, -0.05) is 18.2 Å². The Morgan fingerprint density at radius 3 is 2.37 bits per heavy atom. The second-order valence-electron chi connectivity index (χ2n) is 7.52. The van der Waals surface area contributed by atoms with E-state index in [0.29, 0.717) is 5.69 Å². The SMILES string of the molecule is COc1cc(C=C2C(=O)NN(c3ccccc3)C2=O)cc([N+](=O)[O-])c1OC(C)(C)C. The molecule has 1 heterocycles. The van der Waals surface area contributed by atoms with E-state index in [0.717, 1.165) is 5.01 Å². The van der Waals surface area contributed by atoms with E-state index in [2.05, 4.69) is 5.43 Å². The van der Waals surface area contributed by atoms with Crippen LogP contribution in [0.1, 0.15) is 26.3 Å². The summed E-state index contributed by atoms with van der Waals surface area (Å²) in [5, 5.41) is 12.7. The van der Waals surface area contributed by atoms with Crippen LogP contribution in [0, 0.1) is 10.1 Å². The quantitative estimate of drug-likeness (QED) is 0.350. The number of amides is 2. The molecule has 2 amide bonds. The summed E-state index contributed by atoms with van der Waals surface area (Å²) in [5.41, 5.74) is 2.06. The molecule has 1 aliphatic rings. The Bertz CT molecular complexity index is 1040. The van der Waals surface area contributed by atoms with Gasteiger partial charge in [0.25, 0.3) is 11.8 Å². The number of benzene rings is 2. The van der Waals surface area contributed by atoms with Crippen LogP contribution in [-0.2, 0) is 9.59 Å². The van der Waals surface area contributed by atoms with E-state index in [-0.39, 0.29) is 28.3 Å². The largest absolute Gasteiger partial charge is 0.493 e.